The van der Waals surface area contributed by atoms with Crippen LogP contribution in [0, 0.1) is 5.92 Å². The van der Waals surface area contributed by atoms with Crippen LogP contribution in [0.15, 0.2) is 59.1 Å². The van der Waals surface area contributed by atoms with Crippen molar-refractivity contribution in [3.05, 3.63) is 70.3 Å². The number of aromatic nitrogens is 2. The zero-order valence-electron chi connectivity index (χ0n) is 18.5. The van der Waals surface area contributed by atoms with Crippen molar-refractivity contribution >= 4 is 33.6 Å². The Labute approximate surface area is 202 Å². The SMILES string of the molecule is O=C(Nc1ccc(Br)cc1)N1CCc2c(c(-c3ccccc3)nn2C(=O)C2CCCCC2)C1. The lowest BCUT2D eigenvalue weighted by molar-refractivity contribution is 0.0779. The smallest absolute Gasteiger partial charge is 0.320 e. The van der Waals surface area contributed by atoms with Gasteiger partial charge in [0, 0.05) is 40.2 Å². The Morgan fingerprint density at radius 1 is 0.970 bits per heavy atom. The number of halogens is 1. The van der Waals surface area contributed by atoms with Gasteiger partial charge in [0.15, 0.2) is 0 Å². The van der Waals surface area contributed by atoms with Gasteiger partial charge in [0.25, 0.3) is 0 Å². The van der Waals surface area contributed by atoms with Gasteiger partial charge >= 0.3 is 6.03 Å². The van der Waals surface area contributed by atoms with Crippen molar-refractivity contribution in [3.8, 4) is 11.3 Å². The van der Waals surface area contributed by atoms with Crippen LogP contribution < -0.4 is 5.32 Å². The fraction of sp³-hybridized carbons (Fsp3) is 0.346. The normalized spacial score (nSPS) is 16.3. The van der Waals surface area contributed by atoms with Crippen LogP contribution in [0.2, 0.25) is 0 Å². The highest BCUT2D eigenvalue weighted by molar-refractivity contribution is 9.10. The summed E-state index contributed by atoms with van der Waals surface area (Å²) in [4.78, 5) is 28.2. The summed E-state index contributed by atoms with van der Waals surface area (Å²) in [5, 5.41) is 7.81. The van der Waals surface area contributed by atoms with Gasteiger partial charge < -0.3 is 10.2 Å². The average Bonchev–Trinajstić information content (AvgIpc) is 3.25. The monoisotopic (exact) mass is 506 g/mol. The number of nitrogens with one attached hydrogen (secondary N) is 1. The molecule has 1 N–H and O–H groups in total. The van der Waals surface area contributed by atoms with Gasteiger partial charge in [-0.2, -0.15) is 5.10 Å². The fourth-order valence-electron chi connectivity index (χ4n) is 4.86. The Balaban J connectivity index is 1.44. The molecule has 33 heavy (non-hydrogen) atoms. The summed E-state index contributed by atoms with van der Waals surface area (Å²) in [6, 6.07) is 17.3. The maximum Gasteiger partial charge on any atom is 0.322 e. The van der Waals surface area contributed by atoms with Crippen LogP contribution in [0.25, 0.3) is 11.3 Å². The Kier molecular flexibility index (Phi) is 6.31. The van der Waals surface area contributed by atoms with E-state index >= 15 is 0 Å². The number of hydrogen-bond donors (Lipinski definition) is 1. The Morgan fingerprint density at radius 3 is 2.42 bits per heavy atom. The van der Waals surface area contributed by atoms with Gasteiger partial charge in [-0.3, -0.25) is 4.79 Å². The third kappa shape index (κ3) is 4.60. The van der Waals surface area contributed by atoms with Crippen LogP contribution in [0.4, 0.5) is 10.5 Å². The largest absolute Gasteiger partial charge is 0.322 e. The van der Waals surface area contributed by atoms with Crippen molar-refractivity contribution < 1.29 is 9.59 Å². The Hall–Kier alpha value is -2.93. The molecule has 0 bridgehead atoms. The molecular formula is C26H27BrN4O2. The number of amides is 2. The minimum absolute atomic E-state index is 0.0464. The van der Waals surface area contributed by atoms with Gasteiger partial charge in [-0.25, -0.2) is 9.48 Å². The van der Waals surface area contributed by atoms with E-state index in [0.29, 0.717) is 19.5 Å². The molecule has 170 valence electrons. The molecule has 1 aliphatic carbocycles. The molecule has 1 fully saturated rings. The van der Waals surface area contributed by atoms with Crippen LogP contribution in [-0.2, 0) is 13.0 Å². The van der Waals surface area contributed by atoms with Crippen molar-refractivity contribution in [3.63, 3.8) is 0 Å². The van der Waals surface area contributed by atoms with Crippen LogP contribution in [0.1, 0.15) is 48.2 Å². The van der Waals surface area contributed by atoms with Crippen molar-refractivity contribution in [2.45, 2.75) is 45.1 Å². The highest BCUT2D eigenvalue weighted by Gasteiger charge is 2.32. The minimum atomic E-state index is -0.145. The van der Waals surface area contributed by atoms with Gasteiger partial charge in [0.05, 0.1) is 17.9 Å². The highest BCUT2D eigenvalue weighted by Crippen LogP contribution is 2.33. The summed E-state index contributed by atoms with van der Waals surface area (Å²) in [6.45, 7) is 0.979. The standard InChI is InChI=1S/C26H27BrN4O2/c27-20-11-13-21(14-12-20)28-26(33)30-16-15-23-22(17-30)24(18-7-3-1-4-8-18)29-31(23)25(32)19-9-5-2-6-10-19/h1,3-4,7-8,11-14,19H,2,5-6,9-10,15-17H2,(H,28,33). The molecular weight excluding hydrogens is 480 g/mol. The molecule has 0 spiro atoms. The van der Waals surface area contributed by atoms with Gasteiger partial charge in [-0.15, -0.1) is 0 Å². The predicted molar refractivity (Wildman–Crippen MR) is 132 cm³/mol. The van der Waals surface area contributed by atoms with Crippen molar-refractivity contribution in [1.29, 1.82) is 0 Å². The summed E-state index contributed by atoms with van der Waals surface area (Å²) in [6.07, 6.45) is 5.91. The average molecular weight is 507 g/mol. The van der Waals surface area contributed by atoms with Crippen LogP contribution >= 0.6 is 15.9 Å². The zero-order chi connectivity index (χ0) is 22.8. The van der Waals surface area contributed by atoms with E-state index in [1.54, 1.807) is 9.58 Å². The first-order valence-corrected chi connectivity index (χ1v) is 12.4. The molecule has 1 aromatic heterocycles. The van der Waals surface area contributed by atoms with Crippen LogP contribution in [-0.4, -0.2) is 33.2 Å². The second-order valence-corrected chi connectivity index (χ2v) is 9.75. The second-order valence-electron chi connectivity index (χ2n) is 8.83. The summed E-state index contributed by atoms with van der Waals surface area (Å²) < 4.78 is 2.63. The number of benzene rings is 2. The van der Waals surface area contributed by atoms with Crippen LogP contribution in [0.3, 0.4) is 0 Å². The molecule has 5 rings (SSSR count). The van der Waals surface area contributed by atoms with Crippen molar-refractivity contribution in [2.75, 3.05) is 11.9 Å². The van der Waals surface area contributed by atoms with E-state index in [1.165, 1.54) is 6.42 Å². The maximum absolute atomic E-state index is 13.4. The minimum Gasteiger partial charge on any atom is -0.320 e. The molecule has 1 aliphatic heterocycles. The molecule has 2 aliphatic rings. The molecule has 0 saturated heterocycles. The maximum atomic E-state index is 13.4. The number of carbonyl (C=O) groups is 2. The van der Waals surface area contributed by atoms with Gasteiger partial charge in [0.2, 0.25) is 5.91 Å². The van der Waals surface area contributed by atoms with E-state index in [-0.39, 0.29) is 17.9 Å². The Bertz CT molecular complexity index is 1150. The summed E-state index contributed by atoms with van der Waals surface area (Å²) in [5.41, 5.74) is 4.45. The van der Waals surface area contributed by atoms with E-state index in [0.717, 1.165) is 58.4 Å². The van der Waals surface area contributed by atoms with Gasteiger partial charge in [0.1, 0.15) is 0 Å². The lowest BCUT2D eigenvalue weighted by Gasteiger charge is -2.28. The first-order valence-electron chi connectivity index (χ1n) is 11.6. The molecule has 3 aromatic rings. The number of nitrogens with zero attached hydrogens (tertiary/aromatic N) is 3. The third-order valence-electron chi connectivity index (χ3n) is 6.65. The topological polar surface area (TPSA) is 67.2 Å². The van der Waals surface area contributed by atoms with E-state index in [2.05, 4.69) is 21.2 Å². The van der Waals surface area contributed by atoms with E-state index in [1.807, 2.05) is 54.6 Å². The predicted octanol–water partition coefficient (Wildman–Crippen LogP) is 6.12. The number of urea groups is 1. The summed E-state index contributed by atoms with van der Waals surface area (Å²) >= 11 is 3.42. The Morgan fingerprint density at radius 2 is 1.70 bits per heavy atom. The summed E-state index contributed by atoms with van der Waals surface area (Å²) in [5.74, 6) is 0.158. The van der Waals surface area contributed by atoms with Crippen molar-refractivity contribution in [1.82, 2.24) is 14.7 Å². The number of rotatable bonds is 3. The second kappa shape index (κ2) is 9.51. The molecule has 2 heterocycles. The highest BCUT2D eigenvalue weighted by atomic mass is 79.9. The third-order valence-corrected chi connectivity index (χ3v) is 7.18. The zero-order valence-corrected chi connectivity index (χ0v) is 20.1. The van der Waals surface area contributed by atoms with Gasteiger partial charge in [-0.05, 0) is 37.1 Å². The first kappa shape index (κ1) is 21.9. The number of carbonyl (C=O) groups excluding carboxylic acids is 2. The van der Waals surface area contributed by atoms with E-state index in [4.69, 9.17) is 5.10 Å². The van der Waals surface area contributed by atoms with Gasteiger partial charge in [-0.1, -0.05) is 65.5 Å². The lowest BCUT2D eigenvalue weighted by atomic mass is 9.88. The molecule has 2 amide bonds. The molecule has 6 nitrogen and oxygen atoms in total. The van der Waals surface area contributed by atoms with E-state index in [9.17, 15) is 9.59 Å². The number of fused-ring (bicyclic) bond motifs is 1. The summed E-state index contributed by atoms with van der Waals surface area (Å²) in [7, 11) is 0. The molecule has 1 saturated carbocycles. The fourth-order valence-corrected chi connectivity index (χ4v) is 5.13. The molecule has 0 unspecified atom stereocenters. The quantitative estimate of drug-likeness (QED) is 0.464. The first-order chi connectivity index (χ1) is 16.1. The van der Waals surface area contributed by atoms with E-state index < -0.39 is 0 Å². The molecule has 2 aromatic carbocycles. The number of hydrogen-bond acceptors (Lipinski definition) is 3. The molecule has 7 heteroatoms. The van der Waals surface area contributed by atoms with Crippen molar-refractivity contribution in [2.24, 2.45) is 5.92 Å². The molecule has 0 radical (unpaired) electrons. The lowest BCUT2D eigenvalue weighted by Crippen LogP contribution is -2.39. The molecule has 0 atom stereocenters. The number of anilines is 1. The van der Waals surface area contributed by atoms with Crippen LogP contribution in [0.5, 0.6) is 0 Å².